The number of anilines is 1. The Morgan fingerprint density at radius 3 is 2.43 bits per heavy atom. The SMILES string of the molecule is CC(C)CNC(=O)[C@H](C)N(Cc1cccc(Br)c1)C(=O)CCCN1c2cccc3cccc(c23)S1(=O)=O. The Bertz CT molecular complexity index is 1420. The van der Waals surface area contributed by atoms with Crippen molar-refractivity contribution in [3.63, 3.8) is 0 Å². The fourth-order valence-electron chi connectivity index (χ4n) is 4.58. The number of carbonyl (C=O) groups is 2. The number of amides is 2. The van der Waals surface area contributed by atoms with E-state index in [4.69, 9.17) is 0 Å². The molecular formula is C28H32BrN3O4S. The first-order chi connectivity index (χ1) is 17.6. The molecule has 0 spiro atoms. The van der Waals surface area contributed by atoms with Crippen molar-refractivity contribution in [2.45, 2.75) is 51.1 Å². The van der Waals surface area contributed by atoms with Gasteiger partial charge in [0.2, 0.25) is 11.8 Å². The van der Waals surface area contributed by atoms with Crippen LogP contribution < -0.4 is 9.62 Å². The van der Waals surface area contributed by atoms with Crippen LogP contribution in [0.4, 0.5) is 5.69 Å². The lowest BCUT2D eigenvalue weighted by molar-refractivity contribution is -0.140. The Labute approximate surface area is 227 Å². The van der Waals surface area contributed by atoms with Crippen molar-refractivity contribution in [1.29, 1.82) is 0 Å². The Balaban J connectivity index is 1.49. The maximum Gasteiger partial charge on any atom is 0.265 e. The first-order valence-corrected chi connectivity index (χ1v) is 14.7. The Hall–Kier alpha value is -2.91. The van der Waals surface area contributed by atoms with E-state index in [2.05, 4.69) is 21.2 Å². The van der Waals surface area contributed by atoms with Gasteiger partial charge in [-0.1, -0.05) is 66.2 Å². The van der Waals surface area contributed by atoms with Crippen LogP contribution in [0.15, 0.2) is 70.0 Å². The highest BCUT2D eigenvalue weighted by atomic mass is 79.9. The van der Waals surface area contributed by atoms with Crippen molar-refractivity contribution in [1.82, 2.24) is 10.2 Å². The van der Waals surface area contributed by atoms with E-state index in [-0.39, 0.29) is 31.3 Å². The minimum atomic E-state index is -3.68. The van der Waals surface area contributed by atoms with E-state index < -0.39 is 16.1 Å². The van der Waals surface area contributed by atoms with Gasteiger partial charge in [-0.15, -0.1) is 0 Å². The Kier molecular flexibility index (Phi) is 8.23. The van der Waals surface area contributed by atoms with Gasteiger partial charge >= 0.3 is 0 Å². The molecule has 196 valence electrons. The van der Waals surface area contributed by atoms with Gasteiger partial charge in [0.1, 0.15) is 6.04 Å². The molecule has 7 nitrogen and oxygen atoms in total. The molecule has 0 aliphatic carbocycles. The van der Waals surface area contributed by atoms with Gasteiger partial charge in [-0.3, -0.25) is 13.9 Å². The highest BCUT2D eigenvalue weighted by Gasteiger charge is 2.35. The number of carbonyl (C=O) groups excluding carboxylic acids is 2. The molecule has 37 heavy (non-hydrogen) atoms. The molecule has 3 aromatic rings. The van der Waals surface area contributed by atoms with E-state index in [0.29, 0.717) is 29.5 Å². The summed E-state index contributed by atoms with van der Waals surface area (Å²) in [5.74, 6) is -0.109. The summed E-state index contributed by atoms with van der Waals surface area (Å²) in [7, 11) is -3.68. The van der Waals surface area contributed by atoms with Gasteiger partial charge in [0, 0.05) is 35.9 Å². The summed E-state index contributed by atoms with van der Waals surface area (Å²) >= 11 is 3.47. The van der Waals surface area contributed by atoms with Crippen molar-refractivity contribution < 1.29 is 18.0 Å². The average Bonchev–Trinajstić information content (AvgIpc) is 3.08. The largest absolute Gasteiger partial charge is 0.354 e. The Morgan fingerprint density at radius 2 is 1.73 bits per heavy atom. The zero-order chi connectivity index (χ0) is 26.7. The minimum absolute atomic E-state index is 0.119. The van der Waals surface area contributed by atoms with E-state index in [9.17, 15) is 18.0 Å². The normalized spacial score (nSPS) is 14.7. The molecule has 0 saturated heterocycles. The summed E-state index contributed by atoms with van der Waals surface area (Å²) < 4.78 is 28.8. The molecule has 1 N–H and O–H groups in total. The second-order valence-corrected chi connectivity index (χ2v) is 12.5. The van der Waals surface area contributed by atoms with E-state index in [1.807, 2.05) is 56.3 Å². The fourth-order valence-corrected chi connectivity index (χ4v) is 6.78. The molecule has 1 aliphatic heterocycles. The third-order valence-corrected chi connectivity index (χ3v) is 8.88. The van der Waals surface area contributed by atoms with Gasteiger partial charge in [0.15, 0.2) is 0 Å². The summed E-state index contributed by atoms with van der Waals surface area (Å²) in [4.78, 5) is 28.2. The smallest absolute Gasteiger partial charge is 0.265 e. The van der Waals surface area contributed by atoms with Crippen LogP contribution in [0, 0.1) is 5.92 Å². The number of benzene rings is 3. The molecule has 0 radical (unpaired) electrons. The molecule has 9 heteroatoms. The van der Waals surface area contributed by atoms with E-state index >= 15 is 0 Å². The van der Waals surface area contributed by atoms with Crippen molar-refractivity contribution in [3.05, 3.63) is 70.7 Å². The lowest BCUT2D eigenvalue weighted by Gasteiger charge is -2.29. The summed E-state index contributed by atoms with van der Waals surface area (Å²) in [6.45, 7) is 6.75. The molecule has 2 amide bonds. The summed E-state index contributed by atoms with van der Waals surface area (Å²) in [6.07, 6.45) is 0.450. The predicted octanol–water partition coefficient (Wildman–Crippen LogP) is 5.08. The van der Waals surface area contributed by atoms with Crippen LogP contribution in [0.25, 0.3) is 10.8 Å². The molecule has 1 atom stereocenters. The van der Waals surface area contributed by atoms with Crippen molar-refractivity contribution in [2.24, 2.45) is 5.92 Å². The molecule has 0 unspecified atom stereocenters. The van der Waals surface area contributed by atoms with E-state index in [0.717, 1.165) is 20.8 Å². The van der Waals surface area contributed by atoms with E-state index in [1.165, 1.54) is 4.31 Å². The maximum absolute atomic E-state index is 13.4. The molecule has 1 aliphatic rings. The molecule has 0 aromatic heterocycles. The number of hydrogen-bond donors (Lipinski definition) is 1. The van der Waals surface area contributed by atoms with Gasteiger partial charge in [-0.05, 0) is 54.5 Å². The van der Waals surface area contributed by atoms with Crippen LogP contribution in [-0.2, 0) is 26.2 Å². The van der Waals surface area contributed by atoms with Gasteiger partial charge in [-0.25, -0.2) is 8.42 Å². The monoisotopic (exact) mass is 585 g/mol. The third-order valence-electron chi connectivity index (χ3n) is 6.53. The number of sulfonamides is 1. The summed E-state index contributed by atoms with van der Waals surface area (Å²) in [5.41, 5.74) is 1.54. The zero-order valence-corrected chi connectivity index (χ0v) is 23.7. The molecular weight excluding hydrogens is 554 g/mol. The number of rotatable bonds is 10. The predicted molar refractivity (Wildman–Crippen MR) is 150 cm³/mol. The first-order valence-electron chi connectivity index (χ1n) is 12.5. The van der Waals surface area contributed by atoms with Gasteiger partial charge < -0.3 is 10.2 Å². The van der Waals surface area contributed by atoms with Crippen LogP contribution in [0.1, 0.15) is 39.2 Å². The molecule has 3 aromatic carbocycles. The average molecular weight is 587 g/mol. The number of halogens is 1. The standard InChI is InChI=1S/C28H32BrN3O4S/c1-19(2)17-30-28(34)20(3)31(18-21-8-4-11-23(29)16-21)26(33)14-7-15-32-24-12-5-9-22-10-6-13-25(27(22)24)37(32,35)36/h4-6,8-13,16,19-20H,7,14-15,17-18H2,1-3H3,(H,30,34)/t20-/m0/s1. The molecule has 0 saturated carbocycles. The molecule has 4 rings (SSSR count). The van der Waals surface area contributed by atoms with Gasteiger partial charge in [-0.2, -0.15) is 0 Å². The molecule has 0 bridgehead atoms. The zero-order valence-electron chi connectivity index (χ0n) is 21.3. The van der Waals surface area contributed by atoms with Gasteiger partial charge in [0.25, 0.3) is 10.0 Å². The van der Waals surface area contributed by atoms with Crippen molar-refractivity contribution in [3.8, 4) is 0 Å². The quantitative estimate of drug-likeness (QED) is 0.359. The maximum atomic E-state index is 13.4. The summed E-state index contributed by atoms with van der Waals surface area (Å²) in [5, 5.41) is 4.52. The molecule has 0 fully saturated rings. The number of nitrogens with one attached hydrogen (secondary N) is 1. The highest BCUT2D eigenvalue weighted by Crippen LogP contribution is 2.42. The molecule has 1 heterocycles. The first kappa shape index (κ1) is 27.1. The van der Waals surface area contributed by atoms with Crippen LogP contribution in [0.3, 0.4) is 0 Å². The summed E-state index contributed by atoms with van der Waals surface area (Å²) in [6, 6.07) is 17.8. The van der Waals surface area contributed by atoms with Crippen LogP contribution in [0.5, 0.6) is 0 Å². The minimum Gasteiger partial charge on any atom is -0.354 e. The number of hydrogen-bond acceptors (Lipinski definition) is 4. The van der Waals surface area contributed by atoms with Crippen LogP contribution in [0.2, 0.25) is 0 Å². The lowest BCUT2D eigenvalue weighted by Crippen LogP contribution is -2.48. The number of nitrogens with zero attached hydrogens (tertiary/aromatic N) is 2. The van der Waals surface area contributed by atoms with Crippen LogP contribution in [-0.4, -0.2) is 44.3 Å². The second kappa shape index (κ2) is 11.2. The van der Waals surface area contributed by atoms with Crippen molar-refractivity contribution in [2.75, 3.05) is 17.4 Å². The van der Waals surface area contributed by atoms with Crippen LogP contribution >= 0.6 is 15.9 Å². The highest BCUT2D eigenvalue weighted by molar-refractivity contribution is 9.10. The van der Waals surface area contributed by atoms with Gasteiger partial charge in [0.05, 0.1) is 10.6 Å². The fraction of sp³-hybridized carbons (Fsp3) is 0.357. The van der Waals surface area contributed by atoms with Crippen molar-refractivity contribution >= 4 is 54.2 Å². The third kappa shape index (κ3) is 5.83. The topological polar surface area (TPSA) is 86.8 Å². The Morgan fingerprint density at radius 1 is 1.03 bits per heavy atom. The lowest BCUT2D eigenvalue weighted by atomic mass is 10.1. The second-order valence-electron chi connectivity index (χ2n) is 9.78. The van der Waals surface area contributed by atoms with E-state index in [1.54, 1.807) is 30.0 Å².